The van der Waals surface area contributed by atoms with E-state index in [4.69, 9.17) is 4.98 Å². The number of benzene rings is 1. The van der Waals surface area contributed by atoms with Gasteiger partial charge in [-0.05, 0) is 54.2 Å². The maximum Gasteiger partial charge on any atom is 0.230 e. The van der Waals surface area contributed by atoms with Gasteiger partial charge in [0.05, 0.1) is 11.6 Å². The molecule has 1 fully saturated rings. The van der Waals surface area contributed by atoms with Crippen LogP contribution in [0.4, 0.5) is 5.95 Å². The van der Waals surface area contributed by atoms with E-state index in [9.17, 15) is 5.11 Å². The molecule has 1 saturated heterocycles. The lowest BCUT2D eigenvalue weighted by Gasteiger charge is -2.37. The Bertz CT molecular complexity index is 936. The van der Waals surface area contributed by atoms with Gasteiger partial charge in [0, 0.05) is 24.0 Å². The molecule has 0 aliphatic carbocycles. The molecular weight excluding hydrogens is 316 g/mol. The molecule has 7 nitrogen and oxygen atoms in total. The van der Waals surface area contributed by atoms with Crippen LogP contribution in [0, 0.1) is 12.3 Å². The summed E-state index contributed by atoms with van der Waals surface area (Å²) in [6.45, 7) is 10.2. The minimum atomic E-state index is -0.596. The van der Waals surface area contributed by atoms with Gasteiger partial charge in [-0.2, -0.15) is 4.52 Å². The molecule has 25 heavy (non-hydrogen) atoms. The van der Waals surface area contributed by atoms with Crippen LogP contribution >= 0.6 is 0 Å². The van der Waals surface area contributed by atoms with Crippen LogP contribution in [0.25, 0.3) is 16.6 Å². The summed E-state index contributed by atoms with van der Waals surface area (Å²) in [7, 11) is 0. The molecule has 132 valence electrons. The largest absolute Gasteiger partial charge is 0.389 e. The highest BCUT2D eigenvalue weighted by atomic mass is 16.3. The highest BCUT2D eigenvalue weighted by molar-refractivity contribution is 5.94. The van der Waals surface area contributed by atoms with E-state index in [1.54, 1.807) is 11.4 Å². The zero-order valence-electron chi connectivity index (χ0n) is 15.2. The first-order valence-electron chi connectivity index (χ1n) is 8.81. The van der Waals surface area contributed by atoms with E-state index in [0.717, 1.165) is 53.9 Å². The van der Waals surface area contributed by atoms with E-state index in [-0.39, 0.29) is 0 Å². The van der Waals surface area contributed by atoms with Crippen LogP contribution in [0.2, 0.25) is 0 Å². The predicted molar refractivity (Wildman–Crippen MR) is 96.7 cm³/mol. The number of aryl methyl sites for hydroxylation is 1. The van der Waals surface area contributed by atoms with Crippen LogP contribution in [0.15, 0.2) is 12.1 Å². The number of aromatic nitrogens is 5. The molecule has 4 rings (SSSR count). The second kappa shape index (κ2) is 5.62. The van der Waals surface area contributed by atoms with Gasteiger partial charge in [0.15, 0.2) is 5.65 Å². The molecule has 0 saturated carbocycles. The summed E-state index contributed by atoms with van der Waals surface area (Å²) in [5.41, 5.74) is 3.70. The SMILES string of the molecule is Cc1cc(C(C)O)c2nc(N3CCC(C)(C)CC3)n3nnnc3c2c1. The molecule has 0 amide bonds. The van der Waals surface area contributed by atoms with Crippen LogP contribution in [0.1, 0.15) is 50.8 Å². The average molecular weight is 340 g/mol. The van der Waals surface area contributed by atoms with Gasteiger partial charge in [-0.3, -0.25) is 0 Å². The fourth-order valence-corrected chi connectivity index (χ4v) is 3.57. The lowest BCUT2D eigenvalue weighted by atomic mass is 9.83. The number of piperidine rings is 1. The number of fused-ring (bicyclic) bond motifs is 3. The predicted octanol–water partition coefficient (Wildman–Crippen LogP) is 2.66. The second-order valence-corrected chi connectivity index (χ2v) is 7.90. The van der Waals surface area contributed by atoms with Crippen molar-refractivity contribution < 1.29 is 5.11 Å². The number of tetrazole rings is 1. The van der Waals surface area contributed by atoms with Crippen molar-refractivity contribution in [3.63, 3.8) is 0 Å². The Morgan fingerprint density at radius 3 is 2.60 bits per heavy atom. The molecule has 1 aromatic carbocycles. The molecule has 1 aliphatic heterocycles. The van der Waals surface area contributed by atoms with E-state index in [1.807, 2.05) is 19.1 Å². The fraction of sp³-hybridized carbons (Fsp3) is 0.556. The molecule has 0 bridgehead atoms. The Morgan fingerprint density at radius 2 is 1.92 bits per heavy atom. The maximum atomic E-state index is 10.2. The number of aliphatic hydroxyl groups is 1. The topological polar surface area (TPSA) is 79.4 Å². The van der Waals surface area contributed by atoms with Gasteiger partial charge in [-0.15, -0.1) is 5.10 Å². The Labute approximate surface area is 146 Å². The lowest BCUT2D eigenvalue weighted by Crippen LogP contribution is -2.39. The smallest absolute Gasteiger partial charge is 0.230 e. The Morgan fingerprint density at radius 1 is 1.20 bits per heavy atom. The molecular formula is C18H24N6O. The zero-order chi connectivity index (χ0) is 17.8. The number of hydrogen-bond donors (Lipinski definition) is 1. The molecule has 7 heteroatoms. The monoisotopic (exact) mass is 340 g/mol. The van der Waals surface area contributed by atoms with Crippen LogP contribution in [-0.4, -0.2) is 43.2 Å². The van der Waals surface area contributed by atoms with E-state index in [1.165, 1.54) is 0 Å². The third-order valence-electron chi connectivity index (χ3n) is 5.25. The number of anilines is 1. The fourth-order valence-electron chi connectivity index (χ4n) is 3.57. The van der Waals surface area contributed by atoms with Crippen molar-refractivity contribution in [3.05, 3.63) is 23.3 Å². The number of nitrogens with zero attached hydrogens (tertiary/aromatic N) is 6. The third kappa shape index (κ3) is 2.72. The second-order valence-electron chi connectivity index (χ2n) is 7.90. The molecule has 1 N–H and O–H groups in total. The van der Waals surface area contributed by atoms with Crippen LogP contribution < -0.4 is 4.90 Å². The summed E-state index contributed by atoms with van der Waals surface area (Å²) in [5, 5.41) is 23.4. The van der Waals surface area contributed by atoms with Crippen molar-refractivity contribution in [1.29, 1.82) is 0 Å². The molecule has 1 atom stereocenters. The van der Waals surface area contributed by atoms with Crippen molar-refractivity contribution in [2.45, 2.75) is 46.6 Å². The van der Waals surface area contributed by atoms with Gasteiger partial charge < -0.3 is 10.0 Å². The van der Waals surface area contributed by atoms with Gasteiger partial charge in [0.25, 0.3) is 0 Å². The molecule has 1 unspecified atom stereocenters. The number of rotatable bonds is 2. The third-order valence-corrected chi connectivity index (χ3v) is 5.25. The van der Waals surface area contributed by atoms with Gasteiger partial charge in [-0.25, -0.2) is 4.98 Å². The van der Waals surface area contributed by atoms with Crippen LogP contribution in [0.3, 0.4) is 0 Å². The first kappa shape index (κ1) is 16.2. The van der Waals surface area contributed by atoms with Crippen molar-refractivity contribution in [1.82, 2.24) is 25.0 Å². The summed E-state index contributed by atoms with van der Waals surface area (Å²) in [4.78, 5) is 7.15. The summed E-state index contributed by atoms with van der Waals surface area (Å²) >= 11 is 0. The van der Waals surface area contributed by atoms with Gasteiger partial charge in [0.1, 0.15) is 0 Å². The van der Waals surface area contributed by atoms with Gasteiger partial charge in [0.2, 0.25) is 5.95 Å². The summed E-state index contributed by atoms with van der Waals surface area (Å²) in [6, 6.07) is 4.02. The first-order valence-corrected chi connectivity index (χ1v) is 8.81. The molecule has 0 radical (unpaired) electrons. The van der Waals surface area contributed by atoms with Crippen LogP contribution in [-0.2, 0) is 0 Å². The van der Waals surface area contributed by atoms with Crippen molar-refractivity contribution >= 4 is 22.5 Å². The maximum absolute atomic E-state index is 10.2. The van der Waals surface area contributed by atoms with E-state index >= 15 is 0 Å². The molecule has 0 spiro atoms. The minimum Gasteiger partial charge on any atom is -0.389 e. The quantitative estimate of drug-likeness (QED) is 0.772. The van der Waals surface area contributed by atoms with E-state index in [2.05, 4.69) is 34.3 Å². The van der Waals surface area contributed by atoms with Crippen molar-refractivity contribution in [2.24, 2.45) is 5.41 Å². The average Bonchev–Trinajstić information content (AvgIpc) is 3.03. The van der Waals surface area contributed by atoms with Gasteiger partial charge in [-0.1, -0.05) is 19.9 Å². The number of hydrogen-bond acceptors (Lipinski definition) is 6. The normalized spacial score (nSPS) is 18.8. The Hall–Kier alpha value is -2.28. The zero-order valence-corrected chi connectivity index (χ0v) is 15.2. The van der Waals surface area contributed by atoms with Crippen molar-refractivity contribution in [2.75, 3.05) is 18.0 Å². The Kier molecular flexibility index (Phi) is 3.64. The van der Waals surface area contributed by atoms with Crippen LogP contribution in [0.5, 0.6) is 0 Å². The highest BCUT2D eigenvalue weighted by Gasteiger charge is 2.28. The summed E-state index contributed by atoms with van der Waals surface area (Å²) in [5.74, 6) is 0.758. The summed E-state index contributed by atoms with van der Waals surface area (Å²) < 4.78 is 1.73. The molecule has 3 heterocycles. The van der Waals surface area contributed by atoms with Gasteiger partial charge >= 0.3 is 0 Å². The summed E-state index contributed by atoms with van der Waals surface area (Å²) in [6.07, 6.45) is 1.61. The molecule has 2 aromatic heterocycles. The lowest BCUT2D eigenvalue weighted by molar-refractivity contribution is 0.200. The molecule has 3 aromatic rings. The minimum absolute atomic E-state index is 0.356. The van der Waals surface area contributed by atoms with E-state index in [0.29, 0.717) is 11.1 Å². The molecule has 1 aliphatic rings. The first-order chi connectivity index (χ1) is 11.9. The number of aliphatic hydroxyl groups excluding tert-OH is 1. The highest BCUT2D eigenvalue weighted by Crippen LogP contribution is 2.34. The standard InChI is InChI=1S/C18H24N6O/c1-11-9-13(12(2)25)15-14(10-11)16-20-21-22-24(16)17(19-15)23-7-5-18(3,4)6-8-23/h9-10,12,25H,5-8H2,1-4H3. The Balaban J connectivity index is 1.94. The van der Waals surface area contributed by atoms with E-state index < -0.39 is 6.10 Å². The van der Waals surface area contributed by atoms with Crippen molar-refractivity contribution in [3.8, 4) is 0 Å².